The van der Waals surface area contributed by atoms with E-state index in [0.29, 0.717) is 0 Å². The summed E-state index contributed by atoms with van der Waals surface area (Å²) in [5.74, 6) is 0. The Morgan fingerprint density at radius 3 is 1.64 bits per heavy atom. The number of nitrogens with zero attached hydrogens (tertiary/aromatic N) is 2. The molecule has 0 spiro atoms. The molecule has 14 heavy (non-hydrogen) atoms. The Kier molecular flexibility index (Phi) is 4.77. The van der Waals surface area contributed by atoms with Crippen molar-refractivity contribution in [2.45, 2.75) is 0 Å². The maximum absolute atomic E-state index is 4.21. The van der Waals surface area contributed by atoms with Crippen molar-refractivity contribution in [2.24, 2.45) is 0 Å². The van der Waals surface area contributed by atoms with Crippen molar-refractivity contribution in [3.8, 4) is 0 Å². The molecule has 76 valence electrons. The number of pyridine rings is 2. The zero-order valence-corrected chi connectivity index (χ0v) is 9.94. The quantitative estimate of drug-likeness (QED) is 0.775. The second-order valence-electron chi connectivity index (χ2n) is 2.32. The van der Waals surface area contributed by atoms with Crippen LogP contribution in [0.1, 0.15) is 0 Å². The Morgan fingerprint density at radius 2 is 1.29 bits per heavy atom. The first-order valence-electron chi connectivity index (χ1n) is 3.86. The Hall–Kier alpha value is -0.726. The van der Waals surface area contributed by atoms with Crippen molar-refractivity contribution in [1.29, 1.82) is 0 Å². The van der Waals surface area contributed by atoms with Gasteiger partial charge in [0.1, 0.15) is 0 Å². The van der Waals surface area contributed by atoms with Gasteiger partial charge in [0.15, 0.2) is 0 Å². The molecule has 2 nitrogen and oxygen atoms in total. The van der Waals surface area contributed by atoms with Crippen LogP contribution in [0.2, 0.25) is 0 Å². The molecular weight excluding hydrogens is 287 g/mol. The topological polar surface area (TPSA) is 25.8 Å². The monoisotopic (exact) mass is 294 g/mol. The molecule has 0 aliphatic rings. The van der Waals surface area contributed by atoms with E-state index in [4.69, 9.17) is 0 Å². The molecule has 0 aliphatic heterocycles. The van der Waals surface area contributed by atoms with Crippen LogP contribution in [0.15, 0.2) is 48.8 Å². The van der Waals surface area contributed by atoms with Gasteiger partial charge in [-0.1, -0.05) is 0 Å². The number of aromatic nitrogens is 2. The van der Waals surface area contributed by atoms with Gasteiger partial charge in [-0.3, -0.25) is 0 Å². The molecule has 2 rings (SSSR count). The molecular formula is C10H9BrN2Ni. The molecule has 2 heterocycles. The maximum atomic E-state index is 4.21. The molecule has 0 N–H and O–H groups in total. The number of rotatable bonds is 2. The SMILES string of the molecule is Br.c1cc[c]([Ni][c]2ccccn2)nc1. The van der Waals surface area contributed by atoms with Crippen LogP contribution in [0.4, 0.5) is 0 Å². The summed E-state index contributed by atoms with van der Waals surface area (Å²) in [7, 11) is 0. The van der Waals surface area contributed by atoms with Crippen molar-refractivity contribution >= 4 is 26.3 Å². The molecule has 0 bridgehead atoms. The van der Waals surface area contributed by atoms with Crippen molar-refractivity contribution < 1.29 is 14.4 Å². The minimum absolute atomic E-state index is 0. The predicted molar refractivity (Wildman–Crippen MR) is 58.1 cm³/mol. The van der Waals surface area contributed by atoms with Crippen molar-refractivity contribution in [1.82, 2.24) is 9.97 Å². The van der Waals surface area contributed by atoms with Crippen LogP contribution in [-0.4, -0.2) is 9.97 Å². The van der Waals surface area contributed by atoms with Crippen LogP contribution in [0, 0.1) is 0 Å². The molecule has 2 aromatic rings. The molecule has 0 radical (unpaired) electrons. The fraction of sp³-hybridized carbons (Fsp3) is 0. The predicted octanol–water partition coefficient (Wildman–Crippen LogP) is 1.09. The van der Waals surface area contributed by atoms with Crippen LogP contribution >= 0.6 is 17.0 Å². The molecule has 0 aliphatic carbocycles. The van der Waals surface area contributed by atoms with E-state index in [1.807, 2.05) is 36.4 Å². The number of hydrogen-bond acceptors (Lipinski definition) is 2. The van der Waals surface area contributed by atoms with Gasteiger partial charge >= 0.3 is 82.5 Å². The van der Waals surface area contributed by atoms with E-state index in [0.717, 1.165) is 9.33 Å². The Labute approximate surface area is 99.4 Å². The Morgan fingerprint density at radius 1 is 0.786 bits per heavy atom. The van der Waals surface area contributed by atoms with E-state index in [2.05, 4.69) is 9.97 Å². The number of hydrogen-bond donors (Lipinski definition) is 0. The first kappa shape index (κ1) is 11.3. The Balaban J connectivity index is 0.000000980. The van der Waals surface area contributed by atoms with E-state index in [9.17, 15) is 0 Å². The summed E-state index contributed by atoms with van der Waals surface area (Å²) < 4.78 is 1.99. The Bertz CT molecular complexity index is 329. The van der Waals surface area contributed by atoms with E-state index >= 15 is 0 Å². The molecule has 0 atom stereocenters. The summed E-state index contributed by atoms with van der Waals surface area (Å²) >= 11 is 1.38. The van der Waals surface area contributed by atoms with Gasteiger partial charge in [-0.05, 0) is 0 Å². The van der Waals surface area contributed by atoms with E-state index in [1.165, 1.54) is 14.4 Å². The van der Waals surface area contributed by atoms with Crippen molar-refractivity contribution in [3.63, 3.8) is 0 Å². The van der Waals surface area contributed by atoms with Gasteiger partial charge in [0, 0.05) is 0 Å². The summed E-state index contributed by atoms with van der Waals surface area (Å²) in [5.41, 5.74) is 0. The van der Waals surface area contributed by atoms with Gasteiger partial charge in [-0.15, -0.1) is 17.0 Å². The van der Waals surface area contributed by atoms with E-state index < -0.39 is 0 Å². The fourth-order valence-electron chi connectivity index (χ4n) is 0.839. The summed E-state index contributed by atoms with van der Waals surface area (Å²) in [5, 5.41) is 0. The average Bonchev–Trinajstić information content (AvgIpc) is 2.21. The fourth-order valence-corrected chi connectivity index (χ4v) is 1.73. The molecule has 0 saturated heterocycles. The first-order chi connectivity index (χ1) is 6.45. The normalized spacial score (nSPS) is 9.43. The van der Waals surface area contributed by atoms with Crippen LogP contribution in [0.5, 0.6) is 0 Å². The average molecular weight is 296 g/mol. The van der Waals surface area contributed by atoms with Gasteiger partial charge in [-0.25, -0.2) is 0 Å². The second kappa shape index (κ2) is 5.89. The first-order valence-corrected chi connectivity index (χ1v) is 4.84. The van der Waals surface area contributed by atoms with Crippen LogP contribution in [0.3, 0.4) is 0 Å². The molecule has 0 amide bonds. The molecule has 0 aromatic carbocycles. The standard InChI is InChI=1S/2C5H4N.BrH.Ni/c2*1-2-4-6-5-3-1;;/h2*1-4H;1H;. The van der Waals surface area contributed by atoms with Crippen LogP contribution < -0.4 is 9.33 Å². The number of halogens is 1. The van der Waals surface area contributed by atoms with Crippen LogP contribution in [-0.2, 0) is 14.4 Å². The van der Waals surface area contributed by atoms with Gasteiger partial charge in [0.25, 0.3) is 0 Å². The zero-order valence-electron chi connectivity index (χ0n) is 7.24. The van der Waals surface area contributed by atoms with Gasteiger partial charge < -0.3 is 0 Å². The second-order valence-corrected chi connectivity index (χ2v) is 3.58. The minimum atomic E-state index is 0. The molecule has 4 heteroatoms. The van der Waals surface area contributed by atoms with Crippen molar-refractivity contribution in [2.75, 3.05) is 0 Å². The zero-order chi connectivity index (χ0) is 8.93. The third-order valence-electron chi connectivity index (χ3n) is 1.38. The molecule has 2 aromatic heterocycles. The van der Waals surface area contributed by atoms with Gasteiger partial charge in [0.05, 0.1) is 0 Å². The van der Waals surface area contributed by atoms with Gasteiger partial charge in [-0.2, -0.15) is 0 Å². The van der Waals surface area contributed by atoms with E-state index in [-0.39, 0.29) is 17.0 Å². The summed E-state index contributed by atoms with van der Waals surface area (Å²) in [6.07, 6.45) is 3.58. The third kappa shape index (κ3) is 3.20. The van der Waals surface area contributed by atoms with Crippen LogP contribution in [0.25, 0.3) is 0 Å². The summed E-state index contributed by atoms with van der Waals surface area (Å²) in [4.78, 5) is 8.41. The summed E-state index contributed by atoms with van der Waals surface area (Å²) in [6.45, 7) is 0. The van der Waals surface area contributed by atoms with E-state index in [1.54, 1.807) is 12.4 Å². The molecule has 0 unspecified atom stereocenters. The van der Waals surface area contributed by atoms with Gasteiger partial charge in [0.2, 0.25) is 0 Å². The van der Waals surface area contributed by atoms with Crippen molar-refractivity contribution in [3.05, 3.63) is 48.8 Å². The summed E-state index contributed by atoms with van der Waals surface area (Å²) in [6, 6.07) is 11.7. The third-order valence-corrected chi connectivity index (χ3v) is 2.47. The molecule has 0 saturated carbocycles. The molecule has 0 fully saturated rings.